The van der Waals surface area contributed by atoms with Crippen LogP contribution in [0, 0.1) is 11.3 Å². The van der Waals surface area contributed by atoms with Crippen molar-refractivity contribution in [2.45, 2.75) is 6.44 Å². The Hall–Kier alpha value is -1.90. The molecule has 0 fully saturated rings. The maximum absolute atomic E-state index is 12.3. The first-order valence-electron chi connectivity index (χ1n) is 4.70. The van der Waals surface area contributed by atoms with Crippen molar-refractivity contribution in [2.24, 2.45) is 0 Å². The van der Waals surface area contributed by atoms with Crippen molar-refractivity contribution in [1.29, 1.82) is 5.26 Å². The average molecular weight is 223 g/mol. The van der Waals surface area contributed by atoms with Gasteiger partial charge in [0.25, 0.3) is 0 Å². The molecule has 0 atom stereocenters. The Morgan fingerprint density at radius 2 is 2.00 bits per heavy atom. The van der Waals surface area contributed by atoms with Gasteiger partial charge in [-0.3, -0.25) is 0 Å². The quantitative estimate of drug-likeness (QED) is 0.719. The smallest absolute Gasteiger partial charge is 0.448 e. The van der Waals surface area contributed by atoms with E-state index in [9.17, 15) is 12.9 Å². The van der Waals surface area contributed by atoms with Gasteiger partial charge in [-0.15, -0.1) is 0 Å². The van der Waals surface area contributed by atoms with Gasteiger partial charge in [-0.2, -0.15) is 5.26 Å². The summed E-state index contributed by atoms with van der Waals surface area (Å²) in [4.78, 5) is 0. The molecule has 0 saturated heterocycles. The van der Waals surface area contributed by atoms with Crippen LogP contribution in [0.2, 0.25) is 0 Å². The molecule has 0 N–H and O–H groups in total. The van der Waals surface area contributed by atoms with Gasteiger partial charge in [0.1, 0.15) is 0 Å². The molecule has 0 spiro atoms. The first-order valence-corrected chi connectivity index (χ1v) is 4.70. The van der Waals surface area contributed by atoms with E-state index in [1.807, 2.05) is 6.07 Å². The second-order valence-corrected chi connectivity index (χ2v) is 3.53. The van der Waals surface area contributed by atoms with Gasteiger partial charge in [0.2, 0.25) is 0 Å². The Labute approximate surface area is 90.0 Å². The molecule has 0 radical (unpaired) electrons. The number of rotatable bonds is 2. The number of hydrogen-bond acceptors (Lipinski definition) is 1. The molecule has 0 bridgehead atoms. The summed E-state index contributed by atoms with van der Waals surface area (Å²) in [5, 5.41) is 9.36. The summed E-state index contributed by atoms with van der Waals surface area (Å²) in [6.45, 7) is -4.87. The maximum atomic E-state index is 12.3. The van der Waals surface area contributed by atoms with Gasteiger partial charge in [-0.05, 0) is 24.6 Å². The van der Waals surface area contributed by atoms with Crippen molar-refractivity contribution < 1.29 is 12.9 Å². The van der Waals surface area contributed by atoms with E-state index < -0.39 is 13.4 Å². The Balaban J connectivity index is 2.55. The third-order valence-electron chi connectivity index (χ3n) is 2.34. The summed E-state index contributed by atoms with van der Waals surface area (Å²) in [6.07, 6.45) is 0.388. The van der Waals surface area contributed by atoms with Gasteiger partial charge in [0.15, 0.2) is 0 Å². The highest BCUT2D eigenvalue weighted by atomic mass is 19.4. The molecule has 1 aromatic carbocycles. The number of halogens is 3. The summed E-state index contributed by atoms with van der Waals surface area (Å²) in [7, 11) is 0. The van der Waals surface area contributed by atoms with Crippen LogP contribution in [0.1, 0.15) is 5.56 Å². The number of aromatic nitrogens is 1. The van der Waals surface area contributed by atoms with E-state index in [1.54, 1.807) is 18.2 Å². The summed E-state index contributed by atoms with van der Waals surface area (Å²) >= 11 is 0. The largest absolute Gasteiger partial charge is 0.497 e. The highest BCUT2D eigenvalue weighted by Crippen LogP contribution is 2.22. The molecule has 2 aromatic rings. The molecule has 0 aliphatic carbocycles. The first kappa shape index (κ1) is 10.6. The van der Waals surface area contributed by atoms with Crippen molar-refractivity contribution in [3.8, 4) is 6.07 Å². The Bertz CT molecular complexity index is 565. The van der Waals surface area contributed by atoms with Crippen LogP contribution in [0.4, 0.5) is 12.9 Å². The monoisotopic (exact) mass is 223 g/mol. The van der Waals surface area contributed by atoms with E-state index in [1.165, 1.54) is 12.3 Å². The third-order valence-corrected chi connectivity index (χ3v) is 2.34. The number of hydrogen-bond donors (Lipinski definition) is 0. The van der Waals surface area contributed by atoms with Crippen molar-refractivity contribution in [3.05, 3.63) is 36.0 Å². The van der Waals surface area contributed by atoms with Gasteiger partial charge < -0.3 is 17.5 Å². The maximum Gasteiger partial charge on any atom is 0.497 e. The lowest BCUT2D eigenvalue weighted by molar-refractivity contribution is 0.448. The SMILES string of the molecule is N#Cc1cccc2c1ccn2C[B-](F)(F)F. The number of benzene rings is 1. The lowest BCUT2D eigenvalue weighted by Gasteiger charge is -2.15. The van der Waals surface area contributed by atoms with Crippen LogP contribution in [-0.4, -0.2) is 11.5 Å². The van der Waals surface area contributed by atoms with Gasteiger partial charge in [0.05, 0.1) is 11.6 Å². The Kier molecular flexibility index (Phi) is 2.39. The van der Waals surface area contributed by atoms with Gasteiger partial charge in [-0.25, -0.2) is 0 Å². The van der Waals surface area contributed by atoms with Crippen molar-refractivity contribution in [1.82, 2.24) is 4.57 Å². The van der Waals surface area contributed by atoms with Crippen LogP contribution in [0.15, 0.2) is 30.5 Å². The molecule has 82 valence electrons. The highest BCUT2D eigenvalue weighted by Gasteiger charge is 2.24. The average Bonchev–Trinajstić information content (AvgIpc) is 2.59. The van der Waals surface area contributed by atoms with Crippen LogP contribution in [0.25, 0.3) is 10.9 Å². The van der Waals surface area contributed by atoms with Crippen molar-refractivity contribution in [2.75, 3.05) is 0 Å². The molecule has 0 saturated carbocycles. The molecule has 16 heavy (non-hydrogen) atoms. The molecule has 0 unspecified atom stereocenters. The van der Waals surface area contributed by atoms with Crippen LogP contribution < -0.4 is 0 Å². The fraction of sp³-hybridized carbons (Fsp3) is 0.100. The first-order chi connectivity index (χ1) is 7.51. The van der Waals surface area contributed by atoms with Crippen molar-refractivity contribution >= 4 is 17.9 Å². The van der Waals surface area contributed by atoms with Crippen LogP contribution in [0.5, 0.6) is 0 Å². The molecule has 6 heteroatoms. The minimum atomic E-state index is -4.87. The lowest BCUT2D eigenvalue weighted by Crippen LogP contribution is -2.23. The minimum absolute atomic E-state index is 0.394. The molecule has 2 rings (SSSR count). The minimum Gasteiger partial charge on any atom is -0.448 e. The Morgan fingerprint density at radius 3 is 2.62 bits per heavy atom. The molecule has 0 aliphatic heterocycles. The molecular formula is C10H7BF3N2-. The molecule has 1 heterocycles. The van der Waals surface area contributed by atoms with E-state index in [0.717, 1.165) is 4.57 Å². The summed E-state index contributed by atoms with van der Waals surface area (Å²) in [6, 6.07) is 8.25. The van der Waals surface area contributed by atoms with Crippen LogP contribution in [-0.2, 0) is 6.44 Å². The van der Waals surface area contributed by atoms with Gasteiger partial charge in [0, 0.05) is 17.1 Å². The molecular weight excluding hydrogens is 216 g/mol. The zero-order valence-corrected chi connectivity index (χ0v) is 8.20. The predicted octanol–water partition coefficient (Wildman–Crippen LogP) is 2.90. The fourth-order valence-electron chi connectivity index (χ4n) is 1.70. The standard InChI is InChI=1S/C10H7BF3N2/c12-11(13,14)7-16-5-4-9-8(6-15)2-1-3-10(9)16/h1-5H,7H2/q-1. The highest BCUT2D eigenvalue weighted by molar-refractivity contribution is 6.57. The summed E-state index contributed by atoms with van der Waals surface area (Å²) < 4.78 is 38.0. The molecule has 0 aliphatic rings. The number of nitriles is 1. The lowest BCUT2D eigenvalue weighted by atomic mass is 9.92. The molecule has 2 nitrogen and oxygen atoms in total. The molecule has 1 aromatic heterocycles. The second kappa shape index (κ2) is 3.60. The van der Waals surface area contributed by atoms with E-state index >= 15 is 0 Å². The summed E-state index contributed by atoms with van der Waals surface area (Å²) in [5.41, 5.74) is 0.837. The zero-order chi connectivity index (χ0) is 11.8. The topological polar surface area (TPSA) is 28.7 Å². The van der Waals surface area contributed by atoms with Gasteiger partial charge >= 0.3 is 6.98 Å². The van der Waals surface area contributed by atoms with E-state index in [-0.39, 0.29) is 0 Å². The van der Waals surface area contributed by atoms with E-state index in [0.29, 0.717) is 16.5 Å². The zero-order valence-electron chi connectivity index (χ0n) is 8.20. The molecule has 0 amide bonds. The van der Waals surface area contributed by atoms with Gasteiger partial charge in [-0.1, -0.05) is 6.07 Å². The number of fused-ring (bicyclic) bond motifs is 1. The van der Waals surface area contributed by atoms with Crippen LogP contribution >= 0.6 is 0 Å². The Morgan fingerprint density at radius 1 is 1.25 bits per heavy atom. The summed E-state index contributed by atoms with van der Waals surface area (Å²) in [5.74, 6) is 0. The van der Waals surface area contributed by atoms with E-state index in [4.69, 9.17) is 5.26 Å². The second-order valence-electron chi connectivity index (χ2n) is 3.53. The number of nitrogens with zero attached hydrogens (tertiary/aromatic N) is 2. The fourth-order valence-corrected chi connectivity index (χ4v) is 1.70. The van der Waals surface area contributed by atoms with E-state index in [2.05, 4.69) is 0 Å². The normalized spacial score (nSPS) is 11.6. The van der Waals surface area contributed by atoms with Crippen molar-refractivity contribution in [3.63, 3.8) is 0 Å². The predicted molar refractivity (Wildman–Crippen MR) is 55.7 cm³/mol. The third kappa shape index (κ3) is 1.89. The van der Waals surface area contributed by atoms with Crippen LogP contribution in [0.3, 0.4) is 0 Å².